The van der Waals surface area contributed by atoms with Crippen molar-refractivity contribution in [3.8, 4) is 16.8 Å². The van der Waals surface area contributed by atoms with Gasteiger partial charge in [0.1, 0.15) is 7.14 Å². The van der Waals surface area contributed by atoms with Gasteiger partial charge in [-0.15, -0.1) is 5.10 Å². The summed E-state index contributed by atoms with van der Waals surface area (Å²) in [4.78, 5) is 12.4. The van der Waals surface area contributed by atoms with Crippen molar-refractivity contribution in [2.24, 2.45) is 0 Å². The van der Waals surface area contributed by atoms with Gasteiger partial charge in [-0.25, -0.2) is 9.48 Å². The minimum absolute atomic E-state index is 0.225. The zero-order chi connectivity index (χ0) is 25.0. The average Bonchev–Trinajstić information content (AvgIpc) is 3.42. The summed E-state index contributed by atoms with van der Waals surface area (Å²) in [7, 11) is -1.64. The van der Waals surface area contributed by atoms with E-state index in [1.54, 1.807) is 23.0 Å². The lowest BCUT2D eigenvalue weighted by Crippen LogP contribution is -2.17. The number of esters is 1. The first-order chi connectivity index (χ1) is 17.6. The summed E-state index contributed by atoms with van der Waals surface area (Å²) in [6, 6.07) is 34.2. The van der Waals surface area contributed by atoms with Crippen molar-refractivity contribution in [1.82, 2.24) is 15.0 Å². The molecule has 0 unspecified atom stereocenters. The molecule has 6 nitrogen and oxygen atoms in total. The smallest absolute Gasteiger partial charge is 0.337 e. The fourth-order valence-corrected chi connectivity index (χ4v) is 6.74. The highest BCUT2D eigenvalue weighted by Crippen LogP contribution is 2.46. The highest BCUT2D eigenvalue weighted by molar-refractivity contribution is 7.78. The summed E-state index contributed by atoms with van der Waals surface area (Å²) in [6.07, 6.45) is 1.99. The lowest BCUT2D eigenvalue weighted by Gasteiger charge is -2.18. The molecule has 0 aliphatic carbocycles. The third kappa shape index (κ3) is 4.77. The van der Waals surface area contributed by atoms with Crippen LogP contribution in [-0.2, 0) is 15.5 Å². The fraction of sp³-hybridized carbons (Fsp3) is 0.0690. The van der Waals surface area contributed by atoms with Gasteiger partial charge in [-0.3, -0.25) is 0 Å². The van der Waals surface area contributed by atoms with Gasteiger partial charge in [0.2, 0.25) is 0 Å². The number of rotatable bonds is 7. The van der Waals surface area contributed by atoms with Gasteiger partial charge in [0.25, 0.3) is 0 Å². The Hall–Kier alpha value is -4.28. The Balaban J connectivity index is 1.54. The minimum Gasteiger partial charge on any atom is -0.465 e. The molecule has 0 bridgehead atoms. The van der Waals surface area contributed by atoms with Crippen molar-refractivity contribution in [3.63, 3.8) is 0 Å². The summed E-state index contributed by atoms with van der Waals surface area (Å²) in [5.74, 6) is -0.438. The van der Waals surface area contributed by atoms with E-state index in [2.05, 4.69) is 10.3 Å². The molecule has 4 aromatic carbocycles. The Morgan fingerprint density at radius 1 is 0.806 bits per heavy atom. The van der Waals surface area contributed by atoms with Gasteiger partial charge in [-0.1, -0.05) is 96.2 Å². The van der Waals surface area contributed by atoms with Crippen LogP contribution in [0.4, 0.5) is 0 Å². The van der Waals surface area contributed by atoms with Crippen LogP contribution in [-0.4, -0.2) is 28.1 Å². The molecular formula is C29H24N3O3P. The van der Waals surface area contributed by atoms with Crippen molar-refractivity contribution in [2.45, 2.75) is 6.16 Å². The van der Waals surface area contributed by atoms with E-state index in [9.17, 15) is 9.36 Å². The number of hydrogen-bond donors (Lipinski definition) is 0. The standard InChI is InChI=1S/C29H24N3O3P/c1-35-29(33)24-17-23(22-11-5-2-6-12-22)18-26(19-24)32-20-25(30-31-32)21-36(34,27-13-7-3-8-14-27)28-15-9-4-10-16-28/h2-20H,21H2,1H3. The molecule has 0 radical (unpaired) electrons. The monoisotopic (exact) mass is 493 g/mol. The summed E-state index contributed by atoms with van der Waals surface area (Å²) < 4.78 is 21.0. The van der Waals surface area contributed by atoms with E-state index >= 15 is 0 Å². The number of nitrogens with zero attached hydrogens (tertiary/aromatic N) is 3. The van der Waals surface area contributed by atoms with Crippen molar-refractivity contribution in [3.05, 3.63) is 127 Å². The van der Waals surface area contributed by atoms with Crippen LogP contribution < -0.4 is 10.6 Å². The van der Waals surface area contributed by atoms with Gasteiger partial charge in [-0.05, 0) is 29.3 Å². The van der Waals surface area contributed by atoms with Crippen LogP contribution >= 0.6 is 7.14 Å². The summed E-state index contributed by atoms with van der Waals surface area (Å²) in [5, 5.41) is 10.2. The van der Waals surface area contributed by atoms with E-state index in [1.165, 1.54) is 7.11 Å². The van der Waals surface area contributed by atoms with Gasteiger partial charge in [0, 0.05) is 10.6 Å². The lowest BCUT2D eigenvalue weighted by atomic mass is 10.0. The van der Waals surface area contributed by atoms with Gasteiger partial charge >= 0.3 is 5.97 Å². The summed E-state index contributed by atoms with van der Waals surface area (Å²) in [5.41, 5.74) is 3.47. The Morgan fingerprint density at radius 3 is 1.97 bits per heavy atom. The lowest BCUT2D eigenvalue weighted by molar-refractivity contribution is 0.0600. The first-order valence-electron chi connectivity index (χ1n) is 11.5. The zero-order valence-electron chi connectivity index (χ0n) is 19.7. The van der Waals surface area contributed by atoms with E-state index in [-0.39, 0.29) is 6.16 Å². The van der Waals surface area contributed by atoms with Crippen LogP contribution in [0.1, 0.15) is 16.1 Å². The highest BCUT2D eigenvalue weighted by atomic mass is 31.2. The van der Waals surface area contributed by atoms with Crippen molar-refractivity contribution >= 4 is 23.7 Å². The first-order valence-corrected chi connectivity index (χ1v) is 13.4. The van der Waals surface area contributed by atoms with E-state index < -0.39 is 13.1 Å². The summed E-state index contributed by atoms with van der Waals surface area (Å²) in [6.45, 7) is 0. The SMILES string of the molecule is COC(=O)c1cc(-c2ccccc2)cc(-n2cc(CP(=O)(c3ccccc3)c3ccccc3)nn2)c1. The molecular weight excluding hydrogens is 469 g/mol. The Kier molecular flexibility index (Phi) is 6.61. The van der Waals surface area contributed by atoms with E-state index in [0.29, 0.717) is 16.9 Å². The molecule has 1 aromatic heterocycles. The predicted octanol–water partition coefficient (Wildman–Crippen LogP) is 5.24. The molecule has 0 saturated heterocycles. The molecule has 0 amide bonds. The number of aromatic nitrogens is 3. The third-order valence-corrected chi connectivity index (χ3v) is 9.02. The molecule has 36 heavy (non-hydrogen) atoms. The van der Waals surface area contributed by atoms with Crippen molar-refractivity contribution in [1.29, 1.82) is 0 Å². The molecule has 5 rings (SSSR count). The van der Waals surface area contributed by atoms with E-state index in [4.69, 9.17) is 4.74 Å². The van der Waals surface area contributed by atoms with Gasteiger partial charge in [0.15, 0.2) is 0 Å². The second-order valence-corrected chi connectivity index (χ2v) is 11.2. The van der Waals surface area contributed by atoms with Crippen LogP contribution in [0.25, 0.3) is 16.8 Å². The van der Waals surface area contributed by atoms with Crippen LogP contribution in [0.15, 0.2) is 115 Å². The third-order valence-electron chi connectivity index (χ3n) is 5.98. The van der Waals surface area contributed by atoms with E-state index in [1.807, 2.05) is 97.1 Å². The maximum atomic E-state index is 14.4. The zero-order valence-corrected chi connectivity index (χ0v) is 20.6. The number of ether oxygens (including phenoxy) is 1. The largest absolute Gasteiger partial charge is 0.465 e. The highest BCUT2D eigenvalue weighted by Gasteiger charge is 2.29. The van der Waals surface area contributed by atoms with Crippen LogP contribution in [0.5, 0.6) is 0 Å². The Morgan fingerprint density at radius 2 is 1.39 bits per heavy atom. The predicted molar refractivity (Wildman–Crippen MR) is 142 cm³/mol. The number of carbonyl (C=O) groups excluding carboxylic acids is 1. The molecule has 0 aliphatic rings. The van der Waals surface area contributed by atoms with Crippen molar-refractivity contribution < 1.29 is 14.1 Å². The average molecular weight is 494 g/mol. The van der Waals surface area contributed by atoms with Gasteiger partial charge in [0.05, 0.1) is 36.4 Å². The molecule has 0 spiro atoms. The molecule has 7 heteroatoms. The van der Waals surface area contributed by atoms with E-state index in [0.717, 1.165) is 21.7 Å². The maximum absolute atomic E-state index is 14.4. The normalized spacial score (nSPS) is 11.2. The Bertz CT molecular complexity index is 1490. The Labute approximate surface area is 209 Å². The molecule has 0 aliphatic heterocycles. The van der Waals surface area contributed by atoms with Crippen LogP contribution in [0.3, 0.4) is 0 Å². The second kappa shape index (κ2) is 10.1. The fourth-order valence-electron chi connectivity index (χ4n) is 4.17. The quantitative estimate of drug-likeness (QED) is 0.229. The first kappa shape index (κ1) is 23.5. The number of methoxy groups -OCH3 is 1. The van der Waals surface area contributed by atoms with Gasteiger partial charge in [-0.2, -0.15) is 0 Å². The second-order valence-electron chi connectivity index (χ2n) is 8.35. The molecule has 0 N–H and O–H groups in total. The number of carbonyl (C=O) groups is 1. The number of benzene rings is 4. The maximum Gasteiger partial charge on any atom is 0.337 e. The molecule has 0 atom stereocenters. The number of hydrogen-bond acceptors (Lipinski definition) is 5. The van der Waals surface area contributed by atoms with Crippen molar-refractivity contribution in [2.75, 3.05) is 7.11 Å². The summed E-state index contributed by atoms with van der Waals surface area (Å²) >= 11 is 0. The molecule has 1 heterocycles. The van der Waals surface area contributed by atoms with Crippen LogP contribution in [0, 0.1) is 0 Å². The van der Waals surface area contributed by atoms with Crippen LogP contribution in [0.2, 0.25) is 0 Å². The molecule has 178 valence electrons. The minimum atomic E-state index is -3.00. The molecule has 5 aromatic rings. The molecule has 0 saturated carbocycles. The molecule has 0 fully saturated rings. The van der Waals surface area contributed by atoms with Gasteiger partial charge < -0.3 is 9.30 Å². The topological polar surface area (TPSA) is 74.1 Å².